The summed E-state index contributed by atoms with van der Waals surface area (Å²) in [6.07, 6.45) is 1.47. The highest BCUT2D eigenvalue weighted by Crippen LogP contribution is 2.37. The van der Waals surface area contributed by atoms with Crippen molar-refractivity contribution >= 4 is 38.2 Å². The second-order valence-electron chi connectivity index (χ2n) is 5.73. The van der Waals surface area contributed by atoms with Gasteiger partial charge in [0.25, 0.3) is 10.2 Å². The lowest BCUT2D eigenvalue weighted by molar-refractivity contribution is 0.356. The van der Waals surface area contributed by atoms with E-state index in [0.717, 1.165) is 0 Å². The average molecular weight is 399 g/mol. The summed E-state index contributed by atoms with van der Waals surface area (Å²) in [6.45, 7) is 0. The van der Waals surface area contributed by atoms with Gasteiger partial charge in [-0.3, -0.25) is 9.71 Å². The smallest absolute Gasteiger partial charge is 0.296 e. The molecule has 2 aromatic carbocycles. The molecular weight excluding hydrogens is 382 g/mol. The molecule has 28 heavy (non-hydrogen) atoms. The lowest BCUT2D eigenvalue weighted by Gasteiger charge is -2.14. The molecule has 0 atom stereocenters. The van der Waals surface area contributed by atoms with Crippen LogP contribution in [0.1, 0.15) is 5.56 Å². The molecule has 0 aliphatic rings. The fraction of sp³-hybridized carbons (Fsp3) is 0.111. The van der Waals surface area contributed by atoms with Crippen molar-refractivity contribution in [1.82, 2.24) is 4.98 Å². The zero-order chi connectivity index (χ0) is 20.3. The summed E-state index contributed by atoms with van der Waals surface area (Å²) >= 11 is 0. The Balaban J connectivity index is 2.05. The molecule has 9 nitrogen and oxygen atoms in total. The van der Waals surface area contributed by atoms with E-state index in [-0.39, 0.29) is 0 Å². The van der Waals surface area contributed by atoms with Crippen molar-refractivity contribution in [3.05, 3.63) is 48.2 Å². The van der Waals surface area contributed by atoms with Gasteiger partial charge in [0.2, 0.25) is 0 Å². The number of nitrogens with zero attached hydrogens (tertiary/aromatic N) is 2. The monoisotopic (exact) mass is 399 g/mol. The molecule has 3 aromatic rings. The minimum absolute atomic E-state index is 0.319. The van der Waals surface area contributed by atoms with Crippen molar-refractivity contribution < 1.29 is 17.9 Å². The molecule has 0 unspecified atom stereocenters. The second-order valence-corrected chi connectivity index (χ2v) is 7.03. The third kappa shape index (κ3) is 4.06. The molecule has 0 radical (unpaired) electrons. The molecule has 4 N–H and O–H groups in total. The van der Waals surface area contributed by atoms with Crippen LogP contribution in [0.25, 0.3) is 10.9 Å². The second kappa shape index (κ2) is 7.59. The maximum atomic E-state index is 11.1. The summed E-state index contributed by atoms with van der Waals surface area (Å²) in [6, 6.07) is 12.0. The molecular formula is C18H17N5O4S. The number of nitrogens with two attached hydrogens (primary N) is 1. The lowest BCUT2D eigenvalue weighted by Crippen LogP contribution is -2.21. The van der Waals surface area contributed by atoms with Gasteiger partial charge in [-0.2, -0.15) is 13.7 Å². The van der Waals surface area contributed by atoms with Gasteiger partial charge in [0.1, 0.15) is 6.07 Å². The summed E-state index contributed by atoms with van der Waals surface area (Å²) in [5.41, 5.74) is 2.46. The van der Waals surface area contributed by atoms with Gasteiger partial charge in [-0.1, -0.05) is 0 Å². The van der Waals surface area contributed by atoms with Gasteiger partial charge < -0.3 is 14.8 Å². The van der Waals surface area contributed by atoms with E-state index in [1.807, 2.05) is 0 Å². The summed E-state index contributed by atoms with van der Waals surface area (Å²) in [4.78, 5) is 4.30. The first-order valence-electron chi connectivity index (χ1n) is 7.97. The normalized spacial score (nSPS) is 10.9. The van der Waals surface area contributed by atoms with Crippen molar-refractivity contribution in [2.75, 3.05) is 24.3 Å². The highest BCUT2D eigenvalue weighted by Gasteiger charge is 2.14. The van der Waals surface area contributed by atoms with Crippen molar-refractivity contribution in [3.8, 4) is 17.6 Å². The number of anilines is 3. The maximum Gasteiger partial charge on any atom is 0.296 e. The molecule has 0 fully saturated rings. The molecule has 0 bridgehead atoms. The number of benzene rings is 2. The van der Waals surface area contributed by atoms with E-state index in [4.69, 9.17) is 14.6 Å². The largest absolute Gasteiger partial charge is 0.493 e. The van der Waals surface area contributed by atoms with Gasteiger partial charge in [0.05, 0.1) is 31.0 Å². The molecule has 0 aliphatic heterocycles. The molecule has 0 saturated heterocycles. The molecule has 0 saturated carbocycles. The number of ether oxygens (including phenoxy) is 2. The maximum absolute atomic E-state index is 11.1. The Kier molecular flexibility index (Phi) is 5.21. The van der Waals surface area contributed by atoms with Crippen LogP contribution < -0.4 is 24.7 Å². The fourth-order valence-corrected chi connectivity index (χ4v) is 3.13. The SMILES string of the molecule is COc1cc2ncc(C#N)c(Nc3ccc(NS(N)(=O)=O)cc3)c2cc1OC. The first-order chi connectivity index (χ1) is 13.3. The zero-order valence-electron chi connectivity index (χ0n) is 15.1. The molecule has 1 aromatic heterocycles. The van der Waals surface area contributed by atoms with Crippen LogP contribution in [-0.2, 0) is 10.2 Å². The number of nitriles is 1. The first kappa shape index (κ1) is 19.2. The van der Waals surface area contributed by atoms with E-state index in [9.17, 15) is 13.7 Å². The van der Waals surface area contributed by atoms with Crippen molar-refractivity contribution in [2.45, 2.75) is 0 Å². The van der Waals surface area contributed by atoms with Crippen molar-refractivity contribution in [3.63, 3.8) is 0 Å². The summed E-state index contributed by atoms with van der Waals surface area (Å²) in [5, 5.41) is 18.3. The van der Waals surface area contributed by atoms with E-state index in [1.54, 1.807) is 36.4 Å². The van der Waals surface area contributed by atoms with E-state index in [2.05, 4.69) is 21.1 Å². The van der Waals surface area contributed by atoms with Gasteiger partial charge in [-0.05, 0) is 30.3 Å². The number of nitrogens with one attached hydrogen (secondary N) is 2. The Hall–Kier alpha value is -3.55. The van der Waals surface area contributed by atoms with E-state index >= 15 is 0 Å². The molecule has 3 rings (SSSR count). The highest BCUT2D eigenvalue weighted by molar-refractivity contribution is 7.90. The van der Waals surface area contributed by atoms with Gasteiger partial charge in [-0.15, -0.1) is 0 Å². The summed E-state index contributed by atoms with van der Waals surface area (Å²) in [5.74, 6) is 1.03. The Morgan fingerprint density at radius 1 is 1.07 bits per heavy atom. The first-order valence-corrected chi connectivity index (χ1v) is 9.51. The number of methoxy groups -OCH3 is 2. The Morgan fingerprint density at radius 2 is 1.68 bits per heavy atom. The van der Waals surface area contributed by atoms with Crippen LogP contribution in [0.4, 0.5) is 17.1 Å². The quantitative estimate of drug-likeness (QED) is 0.578. The predicted molar refractivity (Wildman–Crippen MR) is 106 cm³/mol. The predicted octanol–water partition coefficient (Wildman–Crippen LogP) is 2.48. The number of aromatic nitrogens is 1. The standard InChI is InChI=1S/C18H17N5O4S/c1-26-16-7-14-15(8-17(16)27-2)21-10-11(9-19)18(14)22-12-3-5-13(6-4-12)23-28(20,24)25/h3-8,10,23H,1-2H3,(H,21,22)(H2,20,24,25). The summed E-state index contributed by atoms with van der Waals surface area (Å²) < 4.78 is 35.0. The lowest BCUT2D eigenvalue weighted by atomic mass is 10.1. The van der Waals surface area contributed by atoms with Gasteiger partial charge >= 0.3 is 0 Å². The number of hydrogen-bond acceptors (Lipinski definition) is 7. The molecule has 0 aliphatic carbocycles. The number of pyridine rings is 1. The van der Waals surface area contributed by atoms with Gasteiger partial charge in [-0.25, -0.2) is 5.14 Å². The Bertz CT molecular complexity index is 1170. The number of fused-ring (bicyclic) bond motifs is 1. The van der Waals surface area contributed by atoms with Crippen LogP contribution in [0, 0.1) is 11.3 Å². The fourth-order valence-electron chi connectivity index (χ4n) is 2.67. The topological polar surface area (TPSA) is 139 Å². The Morgan fingerprint density at radius 3 is 2.25 bits per heavy atom. The van der Waals surface area contributed by atoms with Gasteiger partial charge in [0.15, 0.2) is 11.5 Å². The van der Waals surface area contributed by atoms with Crippen LogP contribution in [0.3, 0.4) is 0 Å². The van der Waals surface area contributed by atoms with E-state index in [0.29, 0.717) is 45.0 Å². The van der Waals surface area contributed by atoms with Crippen LogP contribution in [0.5, 0.6) is 11.5 Å². The summed E-state index contributed by atoms with van der Waals surface area (Å²) in [7, 11) is -0.795. The average Bonchev–Trinajstić information content (AvgIpc) is 2.67. The minimum Gasteiger partial charge on any atom is -0.493 e. The highest BCUT2D eigenvalue weighted by atomic mass is 32.2. The minimum atomic E-state index is -3.85. The van der Waals surface area contributed by atoms with E-state index in [1.165, 1.54) is 20.4 Å². The van der Waals surface area contributed by atoms with Crippen LogP contribution in [-0.4, -0.2) is 27.6 Å². The Labute approximate surface area is 161 Å². The number of hydrogen-bond donors (Lipinski definition) is 3. The molecule has 1 heterocycles. The number of rotatable bonds is 6. The van der Waals surface area contributed by atoms with Crippen LogP contribution >= 0.6 is 0 Å². The van der Waals surface area contributed by atoms with Crippen LogP contribution in [0.15, 0.2) is 42.6 Å². The third-order valence-corrected chi connectivity index (χ3v) is 4.43. The zero-order valence-corrected chi connectivity index (χ0v) is 15.9. The van der Waals surface area contributed by atoms with Gasteiger partial charge in [0, 0.05) is 29.0 Å². The van der Waals surface area contributed by atoms with E-state index < -0.39 is 10.2 Å². The molecule has 10 heteroatoms. The third-order valence-electron chi connectivity index (χ3n) is 3.91. The van der Waals surface area contributed by atoms with Crippen molar-refractivity contribution in [1.29, 1.82) is 5.26 Å². The molecule has 0 amide bonds. The van der Waals surface area contributed by atoms with Crippen LogP contribution in [0.2, 0.25) is 0 Å². The molecule has 0 spiro atoms. The van der Waals surface area contributed by atoms with Crippen molar-refractivity contribution in [2.24, 2.45) is 5.14 Å². The molecule has 144 valence electrons.